The molecule has 1 aliphatic heterocycles. The van der Waals surface area contributed by atoms with Crippen molar-refractivity contribution in [1.29, 1.82) is 0 Å². The number of thioether (sulfide) groups is 1. The average molecular weight is 384 g/mol. The van der Waals surface area contributed by atoms with Crippen LogP contribution in [0, 0.1) is 11.6 Å². The maximum atomic E-state index is 13.2. The highest BCUT2D eigenvalue weighted by Crippen LogP contribution is 2.34. The molecule has 144 valence electrons. The van der Waals surface area contributed by atoms with Crippen LogP contribution in [0.3, 0.4) is 0 Å². The lowest BCUT2D eigenvalue weighted by atomic mass is 9.79. The number of amides is 1. The maximum Gasteiger partial charge on any atom is 0.230 e. The van der Waals surface area contributed by atoms with Crippen LogP contribution in [0.25, 0.3) is 0 Å². The summed E-state index contributed by atoms with van der Waals surface area (Å²) >= 11 is 1.22. The minimum absolute atomic E-state index is 0.0321. The van der Waals surface area contributed by atoms with Crippen molar-refractivity contribution in [3.05, 3.63) is 29.8 Å². The van der Waals surface area contributed by atoms with Crippen LogP contribution in [0.5, 0.6) is 0 Å². The van der Waals surface area contributed by atoms with E-state index in [2.05, 4.69) is 10.2 Å². The Labute approximate surface area is 157 Å². The van der Waals surface area contributed by atoms with Crippen molar-refractivity contribution in [1.82, 2.24) is 10.2 Å². The lowest BCUT2D eigenvalue weighted by Gasteiger charge is -2.48. The van der Waals surface area contributed by atoms with Gasteiger partial charge in [0.05, 0.1) is 19.0 Å². The van der Waals surface area contributed by atoms with Gasteiger partial charge in [0.1, 0.15) is 0 Å². The highest BCUT2D eigenvalue weighted by atomic mass is 32.2. The summed E-state index contributed by atoms with van der Waals surface area (Å²) in [5, 5.41) is 3.08. The topological polar surface area (TPSA) is 41.6 Å². The molecule has 26 heavy (non-hydrogen) atoms. The molecule has 1 N–H and O–H groups in total. The lowest BCUT2D eigenvalue weighted by molar-refractivity contribution is -0.119. The van der Waals surface area contributed by atoms with Crippen LogP contribution in [-0.2, 0) is 9.53 Å². The van der Waals surface area contributed by atoms with E-state index in [4.69, 9.17) is 4.74 Å². The van der Waals surface area contributed by atoms with E-state index in [1.54, 1.807) is 0 Å². The number of ether oxygens (including phenoxy) is 1. The summed E-state index contributed by atoms with van der Waals surface area (Å²) in [5.41, 5.74) is 0.0321. The van der Waals surface area contributed by atoms with Crippen LogP contribution in [0.1, 0.15) is 32.1 Å². The van der Waals surface area contributed by atoms with Gasteiger partial charge in [-0.1, -0.05) is 19.3 Å². The van der Waals surface area contributed by atoms with Crippen molar-refractivity contribution in [2.75, 3.05) is 38.6 Å². The van der Waals surface area contributed by atoms with Crippen molar-refractivity contribution in [3.8, 4) is 0 Å². The number of carbonyl (C=O) groups is 1. The Morgan fingerprint density at radius 2 is 1.88 bits per heavy atom. The number of benzene rings is 1. The molecule has 0 spiro atoms. The molecule has 1 heterocycles. The summed E-state index contributed by atoms with van der Waals surface area (Å²) in [6.07, 6.45) is 5.84. The predicted molar refractivity (Wildman–Crippen MR) is 98.3 cm³/mol. The van der Waals surface area contributed by atoms with E-state index in [1.165, 1.54) is 37.1 Å². The number of nitrogens with one attached hydrogen (secondary N) is 1. The Bertz CT molecular complexity index is 618. The van der Waals surface area contributed by atoms with Gasteiger partial charge >= 0.3 is 0 Å². The molecule has 1 aromatic carbocycles. The molecule has 0 aromatic heterocycles. The second-order valence-electron chi connectivity index (χ2n) is 7.03. The monoisotopic (exact) mass is 384 g/mol. The van der Waals surface area contributed by atoms with Gasteiger partial charge in [0.25, 0.3) is 0 Å². The number of morpholine rings is 1. The molecule has 0 radical (unpaired) electrons. The maximum absolute atomic E-state index is 13.2. The van der Waals surface area contributed by atoms with Crippen LogP contribution < -0.4 is 5.32 Å². The molecule has 1 amide bonds. The van der Waals surface area contributed by atoms with E-state index >= 15 is 0 Å². The summed E-state index contributed by atoms with van der Waals surface area (Å²) < 4.78 is 31.7. The first-order valence-electron chi connectivity index (χ1n) is 9.26. The fraction of sp³-hybridized carbons (Fsp3) is 0.632. The first kappa shape index (κ1) is 19.6. The van der Waals surface area contributed by atoms with E-state index in [9.17, 15) is 13.6 Å². The number of halogens is 2. The Morgan fingerprint density at radius 3 is 2.58 bits per heavy atom. The number of rotatable bonds is 6. The van der Waals surface area contributed by atoms with Gasteiger partial charge < -0.3 is 10.1 Å². The second-order valence-corrected chi connectivity index (χ2v) is 8.07. The van der Waals surface area contributed by atoms with Crippen molar-refractivity contribution >= 4 is 17.7 Å². The van der Waals surface area contributed by atoms with E-state index in [0.717, 1.165) is 51.3 Å². The third-order valence-electron chi connectivity index (χ3n) is 5.34. The summed E-state index contributed by atoms with van der Waals surface area (Å²) in [5.74, 6) is -1.63. The fourth-order valence-corrected chi connectivity index (χ4v) is 4.63. The number of hydrogen-bond acceptors (Lipinski definition) is 4. The van der Waals surface area contributed by atoms with Gasteiger partial charge in [-0.2, -0.15) is 0 Å². The Balaban J connectivity index is 1.52. The van der Waals surface area contributed by atoms with E-state index in [-0.39, 0.29) is 17.2 Å². The molecule has 0 bridgehead atoms. The zero-order chi connectivity index (χ0) is 18.4. The first-order valence-corrected chi connectivity index (χ1v) is 10.2. The standard InChI is InChI=1S/C19H26F2N2O2S/c20-16-5-4-15(12-17(16)21)26-13-18(24)22-14-19(6-2-1-3-7-19)23-8-10-25-11-9-23/h4-5,12H,1-3,6-11,13-14H2,(H,22,24). The third-order valence-corrected chi connectivity index (χ3v) is 6.34. The van der Waals surface area contributed by atoms with Gasteiger partial charge in [-0.3, -0.25) is 9.69 Å². The number of carbonyl (C=O) groups excluding carboxylic acids is 1. The zero-order valence-electron chi connectivity index (χ0n) is 14.9. The minimum Gasteiger partial charge on any atom is -0.379 e. The van der Waals surface area contributed by atoms with Crippen LogP contribution in [0.2, 0.25) is 0 Å². The molecule has 1 aliphatic carbocycles. The van der Waals surface area contributed by atoms with Crippen LogP contribution in [-0.4, -0.2) is 54.9 Å². The molecule has 2 fully saturated rings. The molecular weight excluding hydrogens is 358 g/mol. The van der Waals surface area contributed by atoms with E-state index in [1.807, 2.05) is 0 Å². The summed E-state index contributed by atoms with van der Waals surface area (Å²) in [4.78, 5) is 15.3. The quantitative estimate of drug-likeness (QED) is 0.765. The van der Waals surface area contributed by atoms with E-state index in [0.29, 0.717) is 11.4 Å². The van der Waals surface area contributed by atoms with Gasteiger partial charge in [0.2, 0.25) is 5.91 Å². The molecule has 1 saturated heterocycles. The second kappa shape index (κ2) is 9.15. The minimum atomic E-state index is -0.885. The van der Waals surface area contributed by atoms with Crippen LogP contribution in [0.15, 0.2) is 23.1 Å². The van der Waals surface area contributed by atoms with Gasteiger partial charge in [-0.05, 0) is 31.0 Å². The average Bonchev–Trinajstić information content (AvgIpc) is 2.69. The molecule has 0 atom stereocenters. The SMILES string of the molecule is O=C(CSc1ccc(F)c(F)c1)NCC1(N2CCOCC2)CCCCC1. The molecule has 4 nitrogen and oxygen atoms in total. The lowest BCUT2D eigenvalue weighted by Crippen LogP contribution is -2.59. The molecule has 3 rings (SSSR count). The van der Waals surface area contributed by atoms with Gasteiger partial charge in [0, 0.05) is 30.1 Å². The Hall–Kier alpha value is -1.18. The van der Waals surface area contributed by atoms with Gasteiger partial charge in [-0.15, -0.1) is 11.8 Å². The van der Waals surface area contributed by atoms with Crippen LogP contribution >= 0.6 is 11.8 Å². The Kier molecular flexibility index (Phi) is 6.89. The summed E-state index contributed by atoms with van der Waals surface area (Å²) in [6, 6.07) is 3.71. The first-order chi connectivity index (χ1) is 12.6. The smallest absolute Gasteiger partial charge is 0.230 e. The molecule has 1 aromatic rings. The fourth-order valence-electron chi connectivity index (χ4n) is 3.88. The normalized spacial score (nSPS) is 20.7. The Morgan fingerprint density at radius 1 is 1.15 bits per heavy atom. The van der Waals surface area contributed by atoms with Crippen molar-refractivity contribution in [2.45, 2.75) is 42.5 Å². The van der Waals surface area contributed by atoms with Crippen LogP contribution in [0.4, 0.5) is 8.78 Å². The van der Waals surface area contributed by atoms with Crippen molar-refractivity contribution in [3.63, 3.8) is 0 Å². The molecule has 7 heteroatoms. The largest absolute Gasteiger partial charge is 0.379 e. The van der Waals surface area contributed by atoms with Crippen molar-refractivity contribution < 1.29 is 18.3 Å². The highest BCUT2D eigenvalue weighted by Gasteiger charge is 2.38. The molecule has 2 aliphatic rings. The van der Waals surface area contributed by atoms with Gasteiger partial charge in [0.15, 0.2) is 11.6 Å². The summed E-state index contributed by atoms with van der Waals surface area (Å²) in [7, 11) is 0. The van der Waals surface area contributed by atoms with E-state index < -0.39 is 11.6 Å². The molecule has 0 unspecified atom stereocenters. The zero-order valence-corrected chi connectivity index (χ0v) is 15.8. The van der Waals surface area contributed by atoms with Gasteiger partial charge in [-0.25, -0.2) is 8.78 Å². The number of hydrogen-bond donors (Lipinski definition) is 1. The molecule has 1 saturated carbocycles. The number of nitrogens with zero attached hydrogens (tertiary/aromatic N) is 1. The third kappa shape index (κ3) is 4.96. The van der Waals surface area contributed by atoms with Crippen molar-refractivity contribution in [2.24, 2.45) is 0 Å². The predicted octanol–water partition coefficient (Wildman–Crippen LogP) is 3.21. The molecular formula is C19H26F2N2O2S. The highest BCUT2D eigenvalue weighted by molar-refractivity contribution is 8.00. The summed E-state index contributed by atoms with van der Waals surface area (Å²) in [6.45, 7) is 3.98.